The van der Waals surface area contributed by atoms with Gasteiger partial charge in [0, 0.05) is 9.75 Å². The van der Waals surface area contributed by atoms with Crippen LogP contribution in [0.2, 0.25) is 0 Å². The summed E-state index contributed by atoms with van der Waals surface area (Å²) in [6.45, 7) is 3.80. The van der Waals surface area contributed by atoms with Crippen LogP contribution in [-0.2, 0) is 6.18 Å². The zero-order valence-electron chi connectivity index (χ0n) is 10.6. The van der Waals surface area contributed by atoms with E-state index in [1.165, 1.54) is 12.1 Å². The lowest BCUT2D eigenvalue weighted by molar-refractivity contribution is -0.138. The van der Waals surface area contributed by atoms with E-state index in [2.05, 4.69) is 0 Å². The first-order valence-electron chi connectivity index (χ1n) is 5.79. The largest absolute Gasteiger partial charge is 0.416 e. The average Bonchev–Trinajstić information content (AvgIpc) is 2.66. The first-order valence-corrected chi connectivity index (χ1v) is 6.61. The quantitative estimate of drug-likeness (QED) is 0.867. The van der Waals surface area contributed by atoms with Gasteiger partial charge in [0.2, 0.25) is 0 Å². The monoisotopic (exact) mass is 285 g/mol. The van der Waals surface area contributed by atoms with Gasteiger partial charge in [0.05, 0.1) is 11.6 Å². The lowest BCUT2D eigenvalue weighted by Crippen LogP contribution is -2.18. The Morgan fingerprint density at radius 1 is 1.11 bits per heavy atom. The van der Waals surface area contributed by atoms with Gasteiger partial charge in [-0.05, 0) is 37.1 Å². The lowest BCUT2D eigenvalue weighted by Gasteiger charge is -2.18. The van der Waals surface area contributed by atoms with Crippen molar-refractivity contribution in [2.75, 3.05) is 0 Å². The minimum absolute atomic E-state index is 0.121. The third-order valence-corrected chi connectivity index (χ3v) is 4.00. The van der Waals surface area contributed by atoms with Gasteiger partial charge < -0.3 is 5.73 Å². The molecule has 19 heavy (non-hydrogen) atoms. The Bertz CT molecular complexity index is 587. The van der Waals surface area contributed by atoms with Crippen LogP contribution in [-0.4, -0.2) is 0 Å². The third kappa shape index (κ3) is 2.82. The molecule has 1 unspecified atom stereocenters. The summed E-state index contributed by atoms with van der Waals surface area (Å²) in [7, 11) is 0. The van der Waals surface area contributed by atoms with Crippen LogP contribution in [0.3, 0.4) is 0 Å². The first kappa shape index (κ1) is 14.1. The van der Waals surface area contributed by atoms with Crippen molar-refractivity contribution in [3.8, 4) is 0 Å². The zero-order chi connectivity index (χ0) is 14.2. The highest BCUT2D eigenvalue weighted by molar-refractivity contribution is 7.12. The van der Waals surface area contributed by atoms with Crippen LogP contribution in [0.25, 0.3) is 0 Å². The lowest BCUT2D eigenvalue weighted by atomic mass is 9.95. The highest BCUT2D eigenvalue weighted by Gasteiger charge is 2.34. The van der Waals surface area contributed by atoms with Crippen molar-refractivity contribution in [2.45, 2.75) is 26.1 Å². The van der Waals surface area contributed by atoms with Crippen molar-refractivity contribution in [3.63, 3.8) is 0 Å². The first-order chi connectivity index (χ1) is 8.80. The number of halogens is 3. The van der Waals surface area contributed by atoms with E-state index in [-0.39, 0.29) is 5.56 Å². The SMILES string of the molecule is Cc1cc(C(N)c2ccccc2C(F)(F)F)c(C)s1. The molecule has 0 saturated carbocycles. The summed E-state index contributed by atoms with van der Waals surface area (Å²) in [6.07, 6.45) is -4.38. The third-order valence-electron chi connectivity index (χ3n) is 3.02. The molecule has 102 valence electrons. The van der Waals surface area contributed by atoms with Gasteiger partial charge in [0.15, 0.2) is 0 Å². The van der Waals surface area contributed by atoms with Gasteiger partial charge in [-0.2, -0.15) is 13.2 Å². The Labute approximate surface area is 113 Å². The summed E-state index contributed by atoms with van der Waals surface area (Å²) in [6, 6.07) is 6.59. The zero-order valence-corrected chi connectivity index (χ0v) is 11.4. The number of nitrogens with two attached hydrogens (primary N) is 1. The molecule has 5 heteroatoms. The van der Waals surface area contributed by atoms with Gasteiger partial charge in [0.1, 0.15) is 0 Å². The Hall–Kier alpha value is -1.33. The summed E-state index contributed by atoms with van der Waals surface area (Å²) in [5.74, 6) is 0. The molecule has 1 aromatic carbocycles. The Morgan fingerprint density at radius 3 is 2.26 bits per heavy atom. The van der Waals surface area contributed by atoms with Gasteiger partial charge >= 0.3 is 6.18 Å². The molecule has 1 atom stereocenters. The van der Waals surface area contributed by atoms with Crippen molar-refractivity contribution in [1.82, 2.24) is 0 Å². The molecule has 0 fully saturated rings. The van der Waals surface area contributed by atoms with E-state index in [1.54, 1.807) is 17.4 Å². The normalized spacial score (nSPS) is 13.6. The van der Waals surface area contributed by atoms with Gasteiger partial charge in [-0.1, -0.05) is 18.2 Å². The average molecular weight is 285 g/mol. The molecule has 2 N–H and O–H groups in total. The van der Waals surface area contributed by atoms with Crippen LogP contribution in [0, 0.1) is 13.8 Å². The molecule has 0 spiro atoms. The van der Waals surface area contributed by atoms with Crippen LogP contribution in [0.15, 0.2) is 30.3 Å². The molecule has 0 radical (unpaired) electrons. The highest BCUT2D eigenvalue weighted by Crippen LogP contribution is 2.37. The highest BCUT2D eigenvalue weighted by atomic mass is 32.1. The van der Waals surface area contributed by atoms with E-state index < -0.39 is 17.8 Å². The van der Waals surface area contributed by atoms with Crippen molar-refractivity contribution in [3.05, 3.63) is 56.8 Å². The molecule has 0 aliphatic rings. The Balaban J connectivity index is 2.50. The number of benzene rings is 1. The Kier molecular flexibility index (Phi) is 3.69. The van der Waals surface area contributed by atoms with Crippen molar-refractivity contribution < 1.29 is 13.2 Å². The second kappa shape index (κ2) is 4.98. The smallest absolute Gasteiger partial charge is 0.320 e. The number of hydrogen-bond donors (Lipinski definition) is 1. The number of thiophene rings is 1. The maximum atomic E-state index is 13.0. The predicted octanol–water partition coefficient (Wildman–Crippen LogP) is 4.43. The number of rotatable bonds is 2. The van der Waals surface area contributed by atoms with Gasteiger partial charge in [-0.3, -0.25) is 0 Å². The van der Waals surface area contributed by atoms with Crippen molar-refractivity contribution >= 4 is 11.3 Å². The topological polar surface area (TPSA) is 26.0 Å². The van der Waals surface area contributed by atoms with Crippen molar-refractivity contribution in [1.29, 1.82) is 0 Å². The second-order valence-electron chi connectivity index (χ2n) is 4.43. The molecule has 1 nitrogen and oxygen atoms in total. The van der Waals surface area contributed by atoms with Crippen LogP contribution in [0.1, 0.15) is 32.5 Å². The van der Waals surface area contributed by atoms with Crippen LogP contribution < -0.4 is 5.73 Å². The molecular formula is C14H14F3NS. The molecule has 0 amide bonds. The Morgan fingerprint density at radius 2 is 1.74 bits per heavy atom. The van der Waals surface area contributed by atoms with Gasteiger partial charge in [0.25, 0.3) is 0 Å². The number of alkyl halides is 3. The molecule has 0 aliphatic heterocycles. The summed E-state index contributed by atoms with van der Waals surface area (Å²) < 4.78 is 38.9. The molecule has 1 heterocycles. The molecule has 1 aromatic heterocycles. The second-order valence-corrected chi connectivity index (χ2v) is 5.89. The fourth-order valence-corrected chi connectivity index (χ4v) is 3.13. The fraction of sp³-hybridized carbons (Fsp3) is 0.286. The molecule has 2 aromatic rings. The van der Waals surface area contributed by atoms with Crippen molar-refractivity contribution in [2.24, 2.45) is 5.73 Å². The summed E-state index contributed by atoms with van der Waals surface area (Å²) >= 11 is 1.54. The maximum absolute atomic E-state index is 13.0. The minimum Gasteiger partial charge on any atom is -0.320 e. The van der Waals surface area contributed by atoms with Gasteiger partial charge in [-0.15, -0.1) is 11.3 Å². The molecule has 0 bridgehead atoms. The van der Waals surface area contributed by atoms with Crippen LogP contribution >= 0.6 is 11.3 Å². The minimum atomic E-state index is -4.38. The maximum Gasteiger partial charge on any atom is 0.416 e. The van der Waals surface area contributed by atoms with Gasteiger partial charge in [-0.25, -0.2) is 0 Å². The summed E-state index contributed by atoms with van der Waals surface area (Å²) in [5.41, 5.74) is 6.26. The van der Waals surface area contributed by atoms with E-state index in [1.807, 2.05) is 19.9 Å². The number of aryl methyl sites for hydroxylation is 2. The molecular weight excluding hydrogens is 271 g/mol. The summed E-state index contributed by atoms with van der Waals surface area (Å²) in [5, 5.41) is 0. The summed E-state index contributed by atoms with van der Waals surface area (Å²) in [4.78, 5) is 2.01. The molecule has 0 saturated heterocycles. The molecule has 0 aliphatic carbocycles. The fourth-order valence-electron chi connectivity index (χ4n) is 2.15. The standard InChI is InChI=1S/C14H14F3NS/c1-8-7-11(9(2)19-8)13(18)10-5-3-4-6-12(10)14(15,16)17/h3-7,13H,18H2,1-2H3. The van der Waals surface area contributed by atoms with E-state index in [0.29, 0.717) is 0 Å². The van der Waals surface area contributed by atoms with E-state index in [9.17, 15) is 13.2 Å². The van der Waals surface area contributed by atoms with Crippen LogP contribution in [0.5, 0.6) is 0 Å². The number of hydrogen-bond acceptors (Lipinski definition) is 2. The predicted molar refractivity (Wildman–Crippen MR) is 71.3 cm³/mol. The van der Waals surface area contributed by atoms with Crippen LogP contribution in [0.4, 0.5) is 13.2 Å². The van der Waals surface area contributed by atoms with E-state index in [0.717, 1.165) is 21.4 Å². The molecule has 2 rings (SSSR count). The van der Waals surface area contributed by atoms with E-state index in [4.69, 9.17) is 5.73 Å². The van der Waals surface area contributed by atoms with E-state index >= 15 is 0 Å².